The molecule has 0 aromatic heterocycles. The van der Waals surface area contributed by atoms with Crippen molar-refractivity contribution in [3.63, 3.8) is 0 Å². The number of hydrogen-bond acceptors (Lipinski definition) is 3. The Labute approximate surface area is 126 Å². The van der Waals surface area contributed by atoms with E-state index in [1.807, 2.05) is 0 Å². The summed E-state index contributed by atoms with van der Waals surface area (Å²) in [7, 11) is 0. The number of nitrogens with zero attached hydrogens (tertiary/aromatic N) is 1. The van der Waals surface area contributed by atoms with Crippen LogP contribution in [0.4, 0.5) is 5.69 Å². The van der Waals surface area contributed by atoms with E-state index in [0.717, 1.165) is 52.0 Å². The minimum Gasteiger partial charge on any atom is -0.371 e. The van der Waals surface area contributed by atoms with E-state index in [-0.39, 0.29) is 11.8 Å². The van der Waals surface area contributed by atoms with Crippen molar-refractivity contribution in [3.8, 4) is 0 Å². The molecule has 2 N–H and O–H groups in total. The van der Waals surface area contributed by atoms with Gasteiger partial charge in [0.2, 0.25) is 5.91 Å². The van der Waals surface area contributed by atoms with E-state index in [2.05, 4.69) is 45.9 Å². The van der Waals surface area contributed by atoms with Crippen molar-refractivity contribution < 1.29 is 4.79 Å². The van der Waals surface area contributed by atoms with Crippen LogP contribution in [0.2, 0.25) is 0 Å². The van der Waals surface area contributed by atoms with Gasteiger partial charge in [-0.1, -0.05) is 18.2 Å². The van der Waals surface area contributed by atoms with Gasteiger partial charge in [0, 0.05) is 31.9 Å². The van der Waals surface area contributed by atoms with Gasteiger partial charge in [0.15, 0.2) is 0 Å². The molecule has 2 atom stereocenters. The van der Waals surface area contributed by atoms with Gasteiger partial charge in [-0.05, 0) is 43.9 Å². The van der Waals surface area contributed by atoms with Crippen LogP contribution >= 0.6 is 0 Å². The summed E-state index contributed by atoms with van der Waals surface area (Å²) in [4.78, 5) is 14.6. The van der Waals surface area contributed by atoms with Crippen molar-refractivity contribution in [1.29, 1.82) is 0 Å². The van der Waals surface area contributed by atoms with Gasteiger partial charge in [-0.3, -0.25) is 4.79 Å². The fourth-order valence-electron chi connectivity index (χ4n) is 3.34. The molecular formula is C17H25N3O. The minimum absolute atomic E-state index is 0.172. The maximum Gasteiger partial charge on any atom is 0.224 e. The van der Waals surface area contributed by atoms with Crippen LogP contribution in [0.15, 0.2) is 30.3 Å². The van der Waals surface area contributed by atoms with Crippen LogP contribution in [0, 0.1) is 11.8 Å². The van der Waals surface area contributed by atoms with Gasteiger partial charge >= 0.3 is 0 Å². The van der Waals surface area contributed by atoms with Crippen LogP contribution < -0.4 is 15.5 Å². The smallest absolute Gasteiger partial charge is 0.224 e. The van der Waals surface area contributed by atoms with Crippen molar-refractivity contribution in [2.75, 3.05) is 37.6 Å². The van der Waals surface area contributed by atoms with E-state index in [1.165, 1.54) is 5.69 Å². The standard InChI is InChI=1S/C17H25N3O/c21-17(15-5-4-9-18-12-15)19-11-14-8-10-20(13-14)16-6-2-1-3-7-16/h1-3,6-7,14-15,18H,4-5,8-13H2,(H,19,21). The molecule has 4 heteroatoms. The highest BCUT2D eigenvalue weighted by Crippen LogP contribution is 2.23. The molecule has 0 saturated carbocycles. The van der Waals surface area contributed by atoms with Gasteiger partial charge < -0.3 is 15.5 Å². The first-order chi connectivity index (χ1) is 10.3. The molecule has 2 unspecified atom stereocenters. The van der Waals surface area contributed by atoms with Crippen LogP contribution in [0.5, 0.6) is 0 Å². The lowest BCUT2D eigenvalue weighted by Crippen LogP contribution is -2.42. The second-order valence-electron chi connectivity index (χ2n) is 6.22. The number of carbonyl (C=O) groups excluding carboxylic acids is 1. The van der Waals surface area contributed by atoms with E-state index in [9.17, 15) is 4.79 Å². The summed E-state index contributed by atoms with van der Waals surface area (Å²) in [5, 5.41) is 6.46. The molecule has 0 aliphatic carbocycles. The lowest BCUT2D eigenvalue weighted by molar-refractivity contribution is -0.125. The number of piperidine rings is 1. The Balaban J connectivity index is 1.43. The summed E-state index contributed by atoms with van der Waals surface area (Å²) in [5.74, 6) is 0.983. The second kappa shape index (κ2) is 6.94. The number of anilines is 1. The average molecular weight is 287 g/mol. The molecule has 1 aromatic rings. The molecule has 0 radical (unpaired) electrons. The van der Waals surface area contributed by atoms with Gasteiger partial charge in [-0.15, -0.1) is 0 Å². The molecule has 21 heavy (non-hydrogen) atoms. The highest BCUT2D eigenvalue weighted by atomic mass is 16.1. The number of rotatable bonds is 4. The van der Waals surface area contributed by atoms with Gasteiger partial charge in [0.25, 0.3) is 0 Å². The molecule has 2 fully saturated rings. The third-order valence-corrected chi connectivity index (χ3v) is 4.64. The molecule has 0 spiro atoms. The number of amides is 1. The number of carbonyl (C=O) groups is 1. The normalized spacial score (nSPS) is 25.8. The third kappa shape index (κ3) is 3.76. The number of para-hydroxylation sites is 1. The van der Waals surface area contributed by atoms with Gasteiger partial charge in [0.1, 0.15) is 0 Å². The van der Waals surface area contributed by atoms with Crippen LogP contribution in [-0.4, -0.2) is 38.6 Å². The van der Waals surface area contributed by atoms with Crippen LogP contribution in [0.3, 0.4) is 0 Å². The maximum absolute atomic E-state index is 12.1. The highest BCUT2D eigenvalue weighted by Gasteiger charge is 2.25. The summed E-state index contributed by atoms with van der Waals surface area (Å²) >= 11 is 0. The quantitative estimate of drug-likeness (QED) is 0.884. The summed E-state index contributed by atoms with van der Waals surface area (Å²) < 4.78 is 0. The molecule has 2 aliphatic heterocycles. The lowest BCUT2D eigenvalue weighted by atomic mass is 9.98. The van der Waals surface area contributed by atoms with E-state index >= 15 is 0 Å². The van der Waals surface area contributed by atoms with E-state index in [0.29, 0.717) is 5.92 Å². The largest absolute Gasteiger partial charge is 0.371 e. The summed E-state index contributed by atoms with van der Waals surface area (Å²) in [6.07, 6.45) is 3.31. The molecule has 2 saturated heterocycles. The van der Waals surface area contributed by atoms with E-state index in [4.69, 9.17) is 0 Å². The molecule has 3 rings (SSSR count). The molecule has 0 bridgehead atoms. The molecular weight excluding hydrogens is 262 g/mol. The van der Waals surface area contributed by atoms with Crippen molar-refractivity contribution >= 4 is 11.6 Å². The van der Waals surface area contributed by atoms with Crippen molar-refractivity contribution in [3.05, 3.63) is 30.3 Å². The van der Waals surface area contributed by atoms with Gasteiger partial charge in [-0.2, -0.15) is 0 Å². The van der Waals surface area contributed by atoms with E-state index < -0.39 is 0 Å². The Hall–Kier alpha value is -1.55. The van der Waals surface area contributed by atoms with Gasteiger partial charge in [-0.25, -0.2) is 0 Å². The second-order valence-corrected chi connectivity index (χ2v) is 6.22. The Morgan fingerprint density at radius 1 is 1.29 bits per heavy atom. The Morgan fingerprint density at radius 2 is 2.14 bits per heavy atom. The first kappa shape index (κ1) is 14.4. The predicted octanol–water partition coefficient (Wildman–Crippen LogP) is 1.63. The van der Waals surface area contributed by atoms with Crippen LogP contribution in [0.1, 0.15) is 19.3 Å². The Kier molecular flexibility index (Phi) is 4.76. The third-order valence-electron chi connectivity index (χ3n) is 4.64. The molecule has 1 amide bonds. The first-order valence-electron chi connectivity index (χ1n) is 8.11. The number of nitrogens with one attached hydrogen (secondary N) is 2. The van der Waals surface area contributed by atoms with Crippen molar-refractivity contribution in [2.45, 2.75) is 19.3 Å². The number of benzene rings is 1. The molecule has 114 valence electrons. The zero-order valence-electron chi connectivity index (χ0n) is 12.6. The lowest BCUT2D eigenvalue weighted by Gasteiger charge is -2.23. The summed E-state index contributed by atoms with van der Waals surface area (Å²) in [5.41, 5.74) is 1.29. The minimum atomic E-state index is 0.172. The molecule has 2 aliphatic rings. The fourth-order valence-corrected chi connectivity index (χ4v) is 3.34. The topological polar surface area (TPSA) is 44.4 Å². The monoisotopic (exact) mass is 287 g/mol. The zero-order valence-corrected chi connectivity index (χ0v) is 12.6. The molecule has 2 heterocycles. The SMILES string of the molecule is O=C(NCC1CCN(c2ccccc2)C1)C1CCCNC1. The number of hydrogen-bond donors (Lipinski definition) is 2. The summed E-state index contributed by atoms with van der Waals surface area (Å²) in [6, 6.07) is 10.5. The van der Waals surface area contributed by atoms with Crippen LogP contribution in [-0.2, 0) is 4.79 Å². The molecule has 1 aromatic carbocycles. The van der Waals surface area contributed by atoms with Crippen molar-refractivity contribution in [1.82, 2.24) is 10.6 Å². The Morgan fingerprint density at radius 3 is 2.90 bits per heavy atom. The zero-order chi connectivity index (χ0) is 14.5. The molecule has 4 nitrogen and oxygen atoms in total. The Bertz CT molecular complexity index is 456. The van der Waals surface area contributed by atoms with Crippen LogP contribution in [0.25, 0.3) is 0 Å². The predicted molar refractivity (Wildman–Crippen MR) is 85.4 cm³/mol. The van der Waals surface area contributed by atoms with Crippen molar-refractivity contribution in [2.24, 2.45) is 11.8 Å². The average Bonchev–Trinajstić information content (AvgIpc) is 3.03. The first-order valence-corrected chi connectivity index (χ1v) is 8.11. The van der Waals surface area contributed by atoms with E-state index in [1.54, 1.807) is 0 Å². The summed E-state index contributed by atoms with van der Waals surface area (Å²) in [6.45, 7) is 4.85. The maximum atomic E-state index is 12.1. The highest BCUT2D eigenvalue weighted by molar-refractivity contribution is 5.79. The van der Waals surface area contributed by atoms with Gasteiger partial charge in [0.05, 0.1) is 5.92 Å². The fraction of sp³-hybridized carbons (Fsp3) is 0.588.